The van der Waals surface area contributed by atoms with Crippen LogP contribution in [0.15, 0.2) is 4.99 Å². The van der Waals surface area contributed by atoms with E-state index in [0.717, 1.165) is 39.3 Å². The predicted molar refractivity (Wildman–Crippen MR) is 104 cm³/mol. The van der Waals surface area contributed by atoms with Gasteiger partial charge >= 0.3 is 0 Å². The van der Waals surface area contributed by atoms with Gasteiger partial charge in [-0.25, -0.2) is 0 Å². The molecule has 0 bridgehead atoms. The van der Waals surface area contributed by atoms with Crippen LogP contribution in [0.4, 0.5) is 0 Å². The van der Waals surface area contributed by atoms with Crippen LogP contribution in [0.3, 0.4) is 0 Å². The topological polar surface area (TPSA) is 92.0 Å². The Kier molecular flexibility index (Phi) is 11.5. The number of morpholine rings is 1. The summed E-state index contributed by atoms with van der Waals surface area (Å²) in [5, 5.41) is 5.87. The Balaban J connectivity index is 0.00000484. The Hall–Kier alpha value is -0.610. The number of amides is 1. The number of carbonyl (C=O) groups excluding carboxylic acids is 1. The quantitative estimate of drug-likeness (QED) is 0.230. The lowest BCUT2D eigenvalue weighted by Gasteiger charge is -2.26. The molecule has 7 nitrogen and oxygen atoms in total. The van der Waals surface area contributed by atoms with E-state index in [9.17, 15) is 4.79 Å². The molecule has 1 aliphatic heterocycles. The molecule has 1 heterocycles. The van der Waals surface area contributed by atoms with Crippen LogP contribution in [0.1, 0.15) is 27.2 Å². The second kappa shape index (κ2) is 11.9. The highest BCUT2D eigenvalue weighted by atomic mass is 127. The third-order valence-electron chi connectivity index (χ3n) is 3.42. The molecule has 4 N–H and O–H groups in total. The van der Waals surface area contributed by atoms with Gasteiger partial charge in [0.25, 0.3) is 0 Å². The molecule has 1 saturated heterocycles. The van der Waals surface area contributed by atoms with E-state index in [-0.39, 0.29) is 35.3 Å². The number of aliphatic imine (C=N–C) groups is 1. The molecule has 0 aromatic rings. The van der Waals surface area contributed by atoms with Gasteiger partial charge in [0.1, 0.15) is 0 Å². The highest BCUT2D eigenvalue weighted by Gasteiger charge is 2.20. The molecule has 0 unspecified atom stereocenters. The number of nitrogens with one attached hydrogen (secondary N) is 2. The number of carbonyl (C=O) groups is 1. The summed E-state index contributed by atoms with van der Waals surface area (Å²) in [6.07, 6.45) is 0.989. The van der Waals surface area contributed by atoms with Crippen molar-refractivity contribution in [3.63, 3.8) is 0 Å². The van der Waals surface area contributed by atoms with Gasteiger partial charge in [-0.3, -0.25) is 14.7 Å². The Bertz CT molecular complexity index is 365. The Morgan fingerprint density at radius 2 is 1.83 bits per heavy atom. The fourth-order valence-corrected chi connectivity index (χ4v) is 2.01. The van der Waals surface area contributed by atoms with E-state index >= 15 is 0 Å². The fourth-order valence-electron chi connectivity index (χ4n) is 2.01. The number of nitrogens with zero attached hydrogens (tertiary/aromatic N) is 2. The number of guanidine groups is 1. The third kappa shape index (κ3) is 10.7. The Labute approximate surface area is 156 Å². The van der Waals surface area contributed by atoms with Gasteiger partial charge in [-0.05, 0) is 6.42 Å². The summed E-state index contributed by atoms with van der Waals surface area (Å²) in [7, 11) is 0. The first-order chi connectivity index (χ1) is 10.4. The molecule has 1 fully saturated rings. The minimum absolute atomic E-state index is 0. The van der Waals surface area contributed by atoms with E-state index in [1.54, 1.807) is 0 Å². The van der Waals surface area contributed by atoms with Crippen LogP contribution in [0.2, 0.25) is 0 Å². The molecule has 8 heteroatoms. The molecule has 0 spiro atoms. The molecule has 0 aromatic heterocycles. The lowest BCUT2D eigenvalue weighted by atomic mass is 9.96. The molecule has 0 saturated carbocycles. The van der Waals surface area contributed by atoms with Crippen molar-refractivity contribution in [2.75, 3.05) is 52.5 Å². The van der Waals surface area contributed by atoms with Crippen LogP contribution < -0.4 is 16.4 Å². The predicted octanol–water partition coefficient (Wildman–Crippen LogP) is 0.393. The SMILES string of the molecule is CC(C)(C)C(=O)NCCNC(N)=NCCCN1CCOCC1.I. The molecule has 1 aliphatic rings. The Morgan fingerprint density at radius 3 is 2.43 bits per heavy atom. The monoisotopic (exact) mass is 441 g/mol. The maximum Gasteiger partial charge on any atom is 0.225 e. The first-order valence-corrected chi connectivity index (χ1v) is 8.02. The average Bonchev–Trinajstić information content (AvgIpc) is 2.48. The van der Waals surface area contributed by atoms with Crippen LogP contribution in [0.5, 0.6) is 0 Å². The standard InChI is InChI=1S/C15H31N5O2.HI/c1-15(2,3)13(21)17-6-7-19-14(16)18-5-4-8-20-9-11-22-12-10-20;/h4-12H2,1-3H3,(H,17,21)(H3,16,18,19);1H. The first kappa shape index (κ1) is 22.4. The number of rotatable bonds is 7. The van der Waals surface area contributed by atoms with Crippen molar-refractivity contribution < 1.29 is 9.53 Å². The van der Waals surface area contributed by atoms with Crippen molar-refractivity contribution in [1.29, 1.82) is 0 Å². The normalized spacial score (nSPS) is 16.6. The second-order valence-corrected chi connectivity index (χ2v) is 6.51. The summed E-state index contributed by atoms with van der Waals surface area (Å²) >= 11 is 0. The van der Waals surface area contributed by atoms with Gasteiger partial charge in [0.15, 0.2) is 5.96 Å². The van der Waals surface area contributed by atoms with E-state index in [4.69, 9.17) is 10.5 Å². The summed E-state index contributed by atoms with van der Waals surface area (Å²) < 4.78 is 5.31. The zero-order chi connectivity index (χ0) is 16.4. The first-order valence-electron chi connectivity index (χ1n) is 8.02. The molecule has 0 aromatic carbocycles. The molecule has 0 radical (unpaired) electrons. The molecule has 0 aliphatic carbocycles. The van der Waals surface area contributed by atoms with Crippen LogP contribution in [-0.4, -0.2) is 69.2 Å². The van der Waals surface area contributed by atoms with E-state index < -0.39 is 0 Å². The lowest BCUT2D eigenvalue weighted by molar-refractivity contribution is -0.128. The molecular weight excluding hydrogens is 409 g/mol. The number of hydrogen-bond donors (Lipinski definition) is 3. The van der Waals surface area contributed by atoms with Gasteiger partial charge in [0.2, 0.25) is 5.91 Å². The third-order valence-corrected chi connectivity index (χ3v) is 3.42. The molecular formula is C15H32IN5O2. The van der Waals surface area contributed by atoms with Crippen molar-refractivity contribution in [2.24, 2.45) is 16.1 Å². The number of halogens is 1. The largest absolute Gasteiger partial charge is 0.379 e. The van der Waals surface area contributed by atoms with Gasteiger partial charge in [0, 0.05) is 44.7 Å². The number of ether oxygens (including phenoxy) is 1. The molecule has 136 valence electrons. The van der Waals surface area contributed by atoms with Crippen molar-refractivity contribution in [3.05, 3.63) is 0 Å². The maximum absolute atomic E-state index is 11.7. The number of hydrogen-bond acceptors (Lipinski definition) is 4. The summed E-state index contributed by atoms with van der Waals surface area (Å²) in [4.78, 5) is 18.3. The van der Waals surface area contributed by atoms with Gasteiger partial charge in [-0.15, -0.1) is 24.0 Å². The van der Waals surface area contributed by atoms with Crippen molar-refractivity contribution >= 4 is 35.8 Å². The lowest BCUT2D eigenvalue weighted by Crippen LogP contribution is -2.41. The summed E-state index contributed by atoms with van der Waals surface area (Å²) in [5.74, 6) is 0.474. The van der Waals surface area contributed by atoms with Crippen LogP contribution >= 0.6 is 24.0 Å². The van der Waals surface area contributed by atoms with E-state index in [2.05, 4.69) is 20.5 Å². The van der Waals surface area contributed by atoms with Gasteiger partial charge in [-0.2, -0.15) is 0 Å². The zero-order valence-electron chi connectivity index (χ0n) is 14.6. The minimum atomic E-state index is -0.362. The van der Waals surface area contributed by atoms with Crippen LogP contribution in [-0.2, 0) is 9.53 Å². The smallest absolute Gasteiger partial charge is 0.225 e. The highest BCUT2D eigenvalue weighted by Crippen LogP contribution is 2.11. The van der Waals surface area contributed by atoms with Gasteiger partial charge in [-0.1, -0.05) is 20.8 Å². The maximum atomic E-state index is 11.7. The average molecular weight is 441 g/mol. The summed E-state index contributed by atoms with van der Waals surface area (Å²) in [6.45, 7) is 12.2. The highest BCUT2D eigenvalue weighted by molar-refractivity contribution is 14.0. The van der Waals surface area contributed by atoms with Crippen molar-refractivity contribution in [3.8, 4) is 0 Å². The molecule has 0 atom stereocenters. The van der Waals surface area contributed by atoms with Gasteiger partial charge < -0.3 is 21.1 Å². The van der Waals surface area contributed by atoms with Crippen molar-refractivity contribution in [1.82, 2.24) is 15.5 Å². The van der Waals surface area contributed by atoms with Crippen molar-refractivity contribution in [2.45, 2.75) is 27.2 Å². The second-order valence-electron chi connectivity index (χ2n) is 6.51. The zero-order valence-corrected chi connectivity index (χ0v) is 16.9. The minimum Gasteiger partial charge on any atom is -0.379 e. The van der Waals surface area contributed by atoms with Crippen LogP contribution in [0, 0.1) is 5.41 Å². The fraction of sp³-hybridized carbons (Fsp3) is 0.867. The molecule has 23 heavy (non-hydrogen) atoms. The van der Waals surface area contributed by atoms with E-state index in [1.165, 1.54) is 0 Å². The summed E-state index contributed by atoms with van der Waals surface area (Å²) in [5.41, 5.74) is 5.43. The number of nitrogens with two attached hydrogens (primary N) is 1. The molecule has 1 rings (SSSR count). The molecule has 1 amide bonds. The Morgan fingerprint density at radius 1 is 1.22 bits per heavy atom. The van der Waals surface area contributed by atoms with Gasteiger partial charge in [0.05, 0.1) is 13.2 Å². The van der Waals surface area contributed by atoms with E-state index in [1.807, 2.05) is 20.8 Å². The van der Waals surface area contributed by atoms with E-state index in [0.29, 0.717) is 25.6 Å². The van der Waals surface area contributed by atoms with Crippen LogP contribution in [0.25, 0.3) is 0 Å². The summed E-state index contributed by atoms with van der Waals surface area (Å²) in [6, 6.07) is 0.